The van der Waals surface area contributed by atoms with E-state index in [1.165, 1.54) is 16.9 Å². The van der Waals surface area contributed by atoms with Gasteiger partial charge >= 0.3 is 5.97 Å². The normalized spacial score (nSPS) is 11.7. The summed E-state index contributed by atoms with van der Waals surface area (Å²) >= 11 is 1.37. The number of rotatable bonds is 6. The van der Waals surface area contributed by atoms with Crippen LogP contribution in [0.25, 0.3) is 10.6 Å². The highest BCUT2D eigenvalue weighted by atomic mass is 32.1. The Balaban J connectivity index is 1.62. The van der Waals surface area contributed by atoms with Gasteiger partial charge in [0.15, 0.2) is 11.8 Å². The van der Waals surface area contributed by atoms with Crippen LogP contribution in [-0.4, -0.2) is 23.0 Å². The van der Waals surface area contributed by atoms with Crippen molar-refractivity contribution in [2.75, 3.05) is 5.32 Å². The van der Waals surface area contributed by atoms with Crippen LogP contribution in [0, 0.1) is 6.92 Å². The fourth-order valence-electron chi connectivity index (χ4n) is 2.62. The van der Waals surface area contributed by atoms with Crippen LogP contribution < -0.4 is 5.32 Å². The van der Waals surface area contributed by atoms with Gasteiger partial charge in [-0.05, 0) is 43.5 Å². The number of hydrogen-bond donors (Lipinski definition) is 1. The molecule has 0 aliphatic carbocycles. The van der Waals surface area contributed by atoms with E-state index in [0.717, 1.165) is 22.6 Å². The van der Waals surface area contributed by atoms with Gasteiger partial charge in [-0.25, -0.2) is 9.78 Å². The Bertz CT molecular complexity index is 979. The van der Waals surface area contributed by atoms with E-state index >= 15 is 0 Å². The van der Waals surface area contributed by atoms with Crippen LogP contribution in [-0.2, 0) is 16.0 Å². The van der Waals surface area contributed by atoms with Gasteiger partial charge in [-0.15, -0.1) is 11.3 Å². The van der Waals surface area contributed by atoms with Gasteiger partial charge in [0.2, 0.25) is 0 Å². The number of carbonyl (C=O) groups excluding carboxylic acids is 2. The van der Waals surface area contributed by atoms with E-state index in [9.17, 15) is 9.59 Å². The second-order valence-corrected chi connectivity index (χ2v) is 7.35. The van der Waals surface area contributed by atoms with Crippen molar-refractivity contribution in [2.24, 2.45) is 0 Å². The summed E-state index contributed by atoms with van der Waals surface area (Å²) in [6.07, 6.45) is 0.0418. The predicted molar refractivity (Wildman–Crippen MR) is 112 cm³/mol. The number of nitrogens with zero attached hydrogens (tertiary/aromatic N) is 1. The van der Waals surface area contributed by atoms with E-state index in [4.69, 9.17) is 4.74 Å². The molecule has 28 heavy (non-hydrogen) atoms. The highest BCUT2D eigenvalue weighted by molar-refractivity contribution is 7.13. The van der Waals surface area contributed by atoms with Crippen LogP contribution in [0.15, 0.2) is 53.9 Å². The smallest absolute Gasteiger partial charge is 0.358 e. The maximum Gasteiger partial charge on any atom is 0.358 e. The fraction of sp³-hybridized carbons (Fsp3) is 0.227. The average Bonchev–Trinajstić information content (AvgIpc) is 3.18. The molecular weight excluding hydrogens is 372 g/mol. The van der Waals surface area contributed by atoms with Crippen LogP contribution in [0.2, 0.25) is 0 Å². The molecule has 0 saturated carbocycles. The number of carbonyl (C=O) groups is 2. The van der Waals surface area contributed by atoms with Crippen molar-refractivity contribution in [1.29, 1.82) is 0 Å². The maximum absolute atomic E-state index is 12.4. The van der Waals surface area contributed by atoms with Crippen LogP contribution in [0.1, 0.15) is 35.5 Å². The van der Waals surface area contributed by atoms with Gasteiger partial charge in [-0.1, -0.05) is 43.3 Å². The summed E-state index contributed by atoms with van der Waals surface area (Å²) in [7, 11) is 0. The minimum atomic E-state index is -0.929. The molecule has 1 heterocycles. The SMILES string of the molecule is CCc1ccc(-c2nc(C(=O)O[C@H](C)C(=O)Nc3cccc(C)c3)cs2)cc1. The van der Waals surface area contributed by atoms with Gasteiger partial charge < -0.3 is 10.1 Å². The summed E-state index contributed by atoms with van der Waals surface area (Å²) in [4.78, 5) is 29.0. The Morgan fingerprint density at radius 3 is 2.61 bits per heavy atom. The summed E-state index contributed by atoms with van der Waals surface area (Å²) in [6, 6.07) is 15.5. The molecule has 5 nitrogen and oxygen atoms in total. The molecule has 1 aromatic heterocycles. The topological polar surface area (TPSA) is 68.3 Å². The van der Waals surface area contributed by atoms with Crippen LogP contribution in [0.5, 0.6) is 0 Å². The molecule has 0 unspecified atom stereocenters. The standard InChI is InChI=1S/C22H22N2O3S/c1-4-16-8-10-17(11-9-16)21-24-19(13-28-21)22(26)27-15(3)20(25)23-18-7-5-6-14(2)12-18/h5-13,15H,4H2,1-3H3,(H,23,25)/t15-/m1/s1. The maximum atomic E-state index is 12.4. The Kier molecular flexibility index (Phi) is 6.21. The molecule has 0 spiro atoms. The quantitative estimate of drug-likeness (QED) is 0.606. The Morgan fingerprint density at radius 1 is 1.18 bits per heavy atom. The molecule has 6 heteroatoms. The van der Waals surface area contributed by atoms with E-state index in [0.29, 0.717) is 5.69 Å². The number of aryl methyl sites for hydroxylation is 2. The number of nitrogens with one attached hydrogen (secondary N) is 1. The number of benzene rings is 2. The van der Waals surface area contributed by atoms with Crippen LogP contribution in [0.4, 0.5) is 5.69 Å². The van der Waals surface area contributed by atoms with Crippen LogP contribution >= 0.6 is 11.3 Å². The average molecular weight is 394 g/mol. The molecule has 144 valence electrons. The summed E-state index contributed by atoms with van der Waals surface area (Å²) in [6.45, 7) is 5.58. The molecule has 0 radical (unpaired) electrons. The second-order valence-electron chi connectivity index (χ2n) is 6.49. The van der Waals surface area contributed by atoms with E-state index in [1.54, 1.807) is 18.4 Å². The zero-order valence-electron chi connectivity index (χ0n) is 16.1. The van der Waals surface area contributed by atoms with Crippen molar-refractivity contribution in [2.45, 2.75) is 33.3 Å². The Morgan fingerprint density at radius 2 is 1.93 bits per heavy atom. The second kappa shape index (κ2) is 8.80. The first-order chi connectivity index (χ1) is 13.5. The van der Waals surface area contributed by atoms with Crippen molar-refractivity contribution < 1.29 is 14.3 Å². The monoisotopic (exact) mass is 394 g/mol. The fourth-order valence-corrected chi connectivity index (χ4v) is 3.42. The number of ether oxygens (including phenoxy) is 1. The van der Waals surface area contributed by atoms with E-state index < -0.39 is 12.1 Å². The number of anilines is 1. The van der Waals surface area contributed by atoms with Gasteiger partial charge in [-0.3, -0.25) is 4.79 Å². The lowest BCUT2D eigenvalue weighted by Crippen LogP contribution is -2.30. The molecular formula is C22H22N2O3S. The van der Waals surface area contributed by atoms with E-state index in [2.05, 4.69) is 17.2 Å². The molecule has 0 aliphatic rings. The first-order valence-corrected chi connectivity index (χ1v) is 9.97. The molecule has 3 rings (SSSR count). The van der Waals surface area contributed by atoms with Crippen molar-refractivity contribution in [3.8, 4) is 10.6 Å². The Labute approximate surface area is 168 Å². The van der Waals surface area contributed by atoms with Gasteiger partial charge in [0, 0.05) is 16.6 Å². The third-order valence-electron chi connectivity index (χ3n) is 4.26. The van der Waals surface area contributed by atoms with Gasteiger partial charge in [0.05, 0.1) is 0 Å². The first kappa shape index (κ1) is 19.8. The summed E-state index contributed by atoms with van der Waals surface area (Å²) < 4.78 is 5.28. The predicted octanol–water partition coefficient (Wildman–Crippen LogP) is 4.86. The number of amides is 1. The highest BCUT2D eigenvalue weighted by Crippen LogP contribution is 2.24. The van der Waals surface area contributed by atoms with Crippen molar-refractivity contribution in [3.63, 3.8) is 0 Å². The molecule has 2 aromatic carbocycles. The summed E-state index contributed by atoms with van der Waals surface area (Å²) in [5, 5.41) is 5.14. The summed E-state index contributed by atoms with van der Waals surface area (Å²) in [5.74, 6) is -0.996. The number of esters is 1. The van der Waals surface area contributed by atoms with Crippen LogP contribution in [0.3, 0.4) is 0 Å². The molecule has 3 aromatic rings. The van der Waals surface area contributed by atoms with E-state index in [-0.39, 0.29) is 11.6 Å². The summed E-state index contributed by atoms with van der Waals surface area (Å²) in [5.41, 5.74) is 4.10. The Hall–Kier alpha value is -2.99. The molecule has 0 bridgehead atoms. The largest absolute Gasteiger partial charge is 0.448 e. The molecule has 0 aliphatic heterocycles. The van der Waals surface area contributed by atoms with E-state index in [1.807, 2.05) is 49.4 Å². The third-order valence-corrected chi connectivity index (χ3v) is 5.15. The van der Waals surface area contributed by atoms with Gasteiger partial charge in [0.1, 0.15) is 5.01 Å². The molecule has 1 N–H and O–H groups in total. The lowest BCUT2D eigenvalue weighted by atomic mass is 10.1. The number of thiazole rings is 1. The van der Waals surface area contributed by atoms with Gasteiger partial charge in [0.25, 0.3) is 5.91 Å². The minimum absolute atomic E-state index is 0.203. The zero-order valence-corrected chi connectivity index (χ0v) is 16.9. The molecule has 1 atom stereocenters. The molecule has 1 amide bonds. The molecule has 0 saturated heterocycles. The lowest BCUT2D eigenvalue weighted by molar-refractivity contribution is -0.123. The van der Waals surface area contributed by atoms with Gasteiger partial charge in [-0.2, -0.15) is 0 Å². The lowest BCUT2D eigenvalue weighted by Gasteiger charge is -2.13. The van der Waals surface area contributed by atoms with Crippen molar-refractivity contribution in [3.05, 3.63) is 70.7 Å². The number of hydrogen-bond acceptors (Lipinski definition) is 5. The zero-order chi connectivity index (χ0) is 20.1. The third kappa shape index (κ3) is 4.84. The van der Waals surface area contributed by atoms with Crippen molar-refractivity contribution in [1.82, 2.24) is 4.98 Å². The molecule has 0 fully saturated rings. The van der Waals surface area contributed by atoms with Crippen molar-refractivity contribution >= 4 is 28.9 Å². The first-order valence-electron chi connectivity index (χ1n) is 9.09. The number of aromatic nitrogens is 1. The highest BCUT2D eigenvalue weighted by Gasteiger charge is 2.21. The minimum Gasteiger partial charge on any atom is -0.448 e.